The van der Waals surface area contributed by atoms with Crippen LogP contribution >= 0.6 is 0 Å². The largest absolute Gasteiger partial charge is 0.497 e. The first kappa shape index (κ1) is 20.3. The Morgan fingerprint density at radius 1 is 1.37 bits per heavy atom. The lowest BCUT2D eigenvalue weighted by Crippen LogP contribution is -2.71. The number of ether oxygens (including phenoxy) is 1. The number of likely N-dealkylation sites (tertiary alicyclic amines) is 1. The smallest absolute Gasteiger partial charge is 0.139 e. The van der Waals surface area contributed by atoms with Gasteiger partial charge in [0, 0.05) is 23.3 Å². The molecule has 150 valence electrons. The van der Waals surface area contributed by atoms with Gasteiger partial charge in [-0.15, -0.1) is 0 Å². The van der Waals surface area contributed by atoms with E-state index >= 15 is 0 Å². The minimum absolute atomic E-state index is 0.0128. The van der Waals surface area contributed by atoms with Gasteiger partial charge in [-0.05, 0) is 70.0 Å². The molecule has 0 spiro atoms. The van der Waals surface area contributed by atoms with Gasteiger partial charge in [0.05, 0.1) is 12.7 Å². The summed E-state index contributed by atoms with van der Waals surface area (Å²) in [7, 11) is 3.75. The van der Waals surface area contributed by atoms with Crippen LogP contribution in [0, 0.1) is 12.3 Å². The van der Waals surface area contributed by atoms with E-state index in [2.05, 4.69) is 45.7 Å². The van der Waals surface area contributed by atoms with Crippen LogP contribution in [0.3, 0.4) is 0 Å². The fraction of sp³-hybridized carbons (Fsp3) is 0.696. The minimum Gasteiger partial charge on any atom is -0.497 e. The number of carbonyl (C=O) groups is 1. The average Bonchev–Trinajstić information content (AvgIpc) is 2.62. The molecule has 1 heterocycles. The first-order chi connectivity index (χ1) is 12.6. The number of aliphatic hydroxyl groups is 1. The maximum atomic E-state index is 13.4. The van der Waals surface area contributed by atoms with E-state index < -0.39 is 16.4 Å². The lowest BCUT2D eigenvalue weighted by Gasteiger charge is -2.62. The molecule has 1 aromatic carbocycles. The number of hydrogen-bond donors (Lipinski definition) is 1. The molecule has 0 aromatic heterocycles. The second-order valence-corrected chi connectivity index (χ2v) is 9.18. The van der Waals surface area contributed by atoms with Gasteiger partial charge in [0.2, 0.25) is 0 Å². The van der Waals surface area contributed by atoms with Gasteiger partial charge in [0.15, 0.2) is 0 Å². The number of piperidine rings is 1. The summed E-state index contributed by atoms with van der Waals surface area (Å²) in [5.41, 5.74) is 0.248. The lowest BCUT2D eigenvalue weighted by atomic mass is 9.48. The maximum absolute atomic E-state index is 13.4. The predicted molar refractivity (Wildman–Crippen MR) is 108 cm³/mol. The summed E-state index contributed by atoms with van der Waals surface area (Å²) in [6.45, 7) is 9.24. The number of carbonyl (C=O) groups excluding carboxylic acids is 1. The summed E-state index contributed by atoms with van der Waals surface area (Å²) < 4.78 is 5.49. The van der Waals surface area contributed by atoms with Crippen molar-refractivity contribution in [3.63, 3.8) is 0 Å². The van der Waals surface area contributed by atoms with Crippen LogP contribution in [-0.4, -0.2) is 48.1 Å². The number of nitrogens with zero attached hydrogens (tertiary/aromatic N) is 1. The Balaban J connectivity index is 2.21. The van der Waals surface area contributed by atoms with Gasteiger partial charge in [-0.3, -0.25) is 4.79 Å². The summed E-state index contributed by atoms with van der Waals surface area (Å²) in [6.07, 6.45) is 3.50. The summed E-state index contributed by atoms with van der Waals surface area (Å²) in [4.78, 5) is 15.6. The van der Waals surface area contributed by atoms with Gasteiger partial charge in [-0.1, -0.05) is 26.3 Å². The van der Waals surface area contributed by atoms with Crippen molar-refractivity contribution in [2.24, 2.45) is 5.41 Å². The Labute approximate surface area is 163 Å². The van der Waals surface area contributed by atoms with E-state index in [4.69, 9.17) is 4.74 Å². The molecule has 1 N–H and O–H groups in total. The highest BCUT2D eigenvalue weighted by Crippen LogP contribution is 2.58. The van der Waals surface area contributed by atoms with E-state index in [-0.39, 0.29) is 6.04 Å². The van der Waals surface area contributed by atoms with Gasteiger partial charge in [0.1, 0.15) is 11.5 Å². The van der Waals surface area contributed by atoms with Crippen LogP contribution in [0.15, 0.2) is 18.2 Å². The zero-order valence-corrected chi connectivity index (χ0v) is 17.8. The number of likely N-dealkylation sites (N-methyl/N-ethyl adjacent to an activating group) is 1. The highest BCUT2D eigenvalue weighted by atomic mass is 16.5. The summed E-state index contributed by atoms with van der Waals surface area (Å²) in [5, 5.41) is 12.3. The normalized spacial score (nSPS) is 37.1. The van der Waals surface area contributed by atoms with Crippen molar-refractivity contribution in [1.82, 2.24) is 4.90 Å². The maximum Gasteiger partial charge on any atom is 0.139 e. The first-order valence-corrected chi connectivity index (χ1v) is 10.2. The van der Waals surface area contributed by atoms with E-state index in [1.54, 1.807) is 7.11 Å². The Bertz CT molecular complexity index is 732. The average molecular weight is 374 g/mol. The molecule has 1 unspecified atom stereocenters. The van der Waals surface area contributed by atoms with Gasteiger partial charge in [0.25, 0.3) is 0 Å². The minimum atomic E-state index is -0.949. The van der Waals surface area contributed by atoms with Gasteiger partial charge >= 0.3 is 0 Å². The molecular formula is C23H35NO3. The summed E-state index contributed by atoms with van der Waals surface area (Å²) in [5.74, 6) is 1.08. The molecule has 0 bridgehead atoms. The van der Waals surface area contributed by atoms with Gasteiger partial charge < -0.3 is 14.7 Å². The number of rotatable bonds is 4. The second kappa shape index (κ2) is 6.89. The summed E-state index contributed by atoms with van der Waals surface area (Å²) >= 11 is 0. The lowest BCUT2D eigenvalue weighted by molar-refractivity contribution is -0.183. The molecule has 0 amide bonds. The predicted octanol–water partition coefficient (Wildman–Crippen LogP) is 3.87. The Morgan fingerprint density at radius 2 is 2.07 bits per heavy atom. The quantitative estimate of drug-likeness (QED) is 0.870. The number of aryl methyl sites for hydroxylation is 1. The van der Waals surface area contributed by atoms with Crippen LogP contribution in [0.5, 0.6) is 5.75 Å². The molecule has 27 heavy (non-hydrogen) atoms. The van der Waals surface area contributed by atoms with Gasteiger partial charge in [-0.25, -0.2) is 0 Å². The molecule has 1 aromatic rings. The standard InChI is InChI=1S/C23H35NO3/c1-7-10-21(4)15-23(26)17(3)24(5)12-11-22(23,14-20(21)25)19-13-18(27-6)9-8-16(19)2/h8-9,13,17,26H,7,10-12,14-15H2,1-6H3/t17-,21?,22-,23-/m1/s1. The molecule has 1 saturated carbocycles. The van der Waals surface area contributed by atoms with E-state index in [0.717, 1.165) is 42.7 Å². The highest BCUT2D eigenvalue weighted by Gasteiger charge is 2.65. The first-order valence-electron chi connectivity index (χ1n) is 10.2. The zero-order valence-electron chi connectivity index (χ0n) is 17.8. The monoisotopic (exact) mass is 373 g/mol. The van der Waals surface area contributed by atoms with E-state index in [0.29, 0.717) is 18.6 Å². The van der Waals surface area contributed by atoms with Crippen LogP contribution in [0.1, 0.15) is 64.0 Å². The van der Waals surface area contributed by atoms with E-state index in [1.165, 1.54) is 0 Å². The molecule has 3 rings (SSSR count). The van der Waals surface area contributed by atoms with Crippen LogP contribution < -0.4 is 4.74 Å². The van der Waals surface area contributed by atoms with E-state index in [9.17, 15) is 9.90 Å². The van der Waals surface area contributed by atoms with Crippen LogP contribution in [-0.2, 0) is 10.2 Å². The molecule has 2 aliphatic rings. The van der Waals surface area contributed by atoms with Gasteiger partial charge in [-0.2, -0.15) is 0 Å². The fourth-order valence-electron chi connectivity index (χ4n) is 5.77. The van der Waals surface area contributed by atoms with Crippen molar-refractivity contribution < 1.29 is 14.6 Å². The summed E-state index contributed by atoms with van der Waals surface area (Å²) in [6, 6.07) is 6.05. The zero-order chi connectivity index (χ0) is 20.0. The second-order valence-electron chi connectivity index (χ2n) is 9.18. The number of hydrogen-bond acceptors (Lipinski definition) is 4. The molecule has 1 saturated heterocycles. The molecule has 1 aliphatic heterocycles. The third kappa shape index (κ3) is 2.92. The Hall–Kier alpha value is -1.39. The van der Waals surface area contributed by atoms with Crippen molar-refractivity contribution in [3.05, 3.63) is 29.3 Å². The van der Waals surface area contributed by atoms with Crippen molar-refractivity contribution in [3.8, 4) is 5.75 Å². The van der Waals surface area contributed by atoms with Crippen molar-refractivity contribution in [1.29, 1.82) is 0 Å². The number of benzene rings is 1. The Morgan fingerprint density at radius 3 is 2.70 bits per heavy atom. The van der Waals surface area contributed by atoms with Crippen LogP contribution in [0.4, 0.5) is 0 Å². The fourth-order valence-corrected chi connectivity index (χ4v) is 5.77. The molecular weight excluding hydrogens is 338 g/mol. The van der Waals surface area contributed by atoms with Crippen molar-refractivity contribution in [2.45, 2.75) is 76.9 Å². The molecule has 4 heteroatoms. The molecule has 0 radical (unpaired) electrons. The third-order valence-corrected chi connectivity index (χ3v) is 7.63. The molecule has 1 aliphatic carbocycles. The van der Waals surface area contributed by atoms with Crippen LogP contribution in [0.25, 0.3) is 0 Å². The SMILES string of the molecule is CCCC1(C)C[C@@]2(O)[C@@H](C)N(C)CC[C@]2(c2cc(OC)ccc2C)CC1=O. The van der Waals surface area contributed by atoms with E-state index in [1.807, 2.05) is 12.1 Å². The number of methoxy groups -OCH3 is 1. The van der Waals surface area contributed by atoms with Crippen molar-refractivity contribution in [2.75, 3.05) is 20.7 Å². The third-order valence-electron chi connectivity index (χ3n) is 7.63. The number of fused-ring (bicyclic) bond motifs is 1. The number of ketones is 1. The number of Topliss-reactive ketones (excluding diaryl/α,β-unsaturated/α-hetero) is 1. The van der Waals surface area contributed by atoms with Crippen LogP contribution in [0.2, 0.25) is 0 Å². The molecule has 4 nitrogen and oxygen atoms in total. The Kier molecular flexibility index (Phi) is 5.19. The van der Waals surface area contributed by atoms with Crippen molar-refractivity contribution >= 4 is 5.78 Å². The molecule has 4 atom stereocenters. The highest BCUT2D eigenvalue weighted by molar-refractivity contribution is 5.88. The molecule has 2 fully saturated rings. The topological polar surface area (TPSA) is 49.8 Å².